The summed E-state index contributed by atoms with van der Waals surface area (Å²) in [5, 5.41) is 2.81. The van der Waals surface area contributed by atoms with Crippen LogP contribution >= 0.6 is 11.3 Å². The molecule has 0 amide bonds. The minimum Gasteiger partial charge on any atom is -0.493 e. The van der Waals surface area contributed by atoms with Crippen molar-refractivity contribution in [1.82, 2.24) is 4.98 Å². The van der Waals surface area contributed by atoms with Gasteiger partial charge in [-0.25, -0.2) is 9.78 Å². The van der Waals surface area contributed by atoms with E-state index < -0.39 is 5.97 Å². The molecule has 0 N–H and O–H groups in total. The van der Waals surface area contributed by atoms with Crippen LogP contribution in [-0.2, 0) is 11.3 Å². The van der Waals surface area contributed by atoms with E-state index in [1.807, 2.05) is 38.3 Å². The van der Waals surface area contributed by atoms with Gasteiger partial charge in [0.05, 0.1) is 24.5 Å². The van der Waals surface area contributed by atoms with Crippen LogP contribution in [0.4, 0.5) is 0 Å². The Bertz CT molecular complexity index is 947. The van der Waals surface area contributed by atoms with Crippen molar-refractivity contribution in [2.45, 2.75) is 33.5 Å². The van der Waals surface area contributed by atoms with E-state index in [2.05, 4.69) is 17.1 Å². The largest absolute Gasteiger partial charge is 0.493 e. The summed E-state index contributed by atoms with van der Waals surface area (Å²) < 4.78 is 16.4. The van der Waals surface area contributed by atoms with Gasteiger partial charge in [0, 0.05) is 10.9 Å². The molecule has 1 aromatic heterocycles. The second-order valence-corrected chi connectivity index (χ2v) is 7.48. The van der Waals surface area contributed by atoms with E-state index in [1.165, 1.54) is 16.9 Å². The van der Waals surface area contributed by atoms with Crippen molar-refractivity contribution in [3.63, 3.8) is 0 Å². The lowest BCUT2D eigenvalue weighted by Crippen LogP contribution is -2.09. The fraction of sp³-hybridized carbons (Fsp3) is 0.273. The van der Waals surface area contributed by atoms with Gasteiger partial charge in [-0.15, -0.1) is 11.3 Å². The van der Waals surface area contributed by atoms with Crippen LogP contribution in [0.1, 0.15) is 35.5 Å². The molecule has 5 nitrogen and oxygen atoms in total. The highest BCUT2D eigenvalue weighted by atomic mass is 32.1. The van der Waals surface area contributed by atoms with E-state index in [4.69, 9.17) is 14.2 Å². The minimum absolute atomic E-state index is 0.0130. The topological polar surface area (TPSA) is 57.7 Å². The summed E-state index contributed by atoms with van der Waals surface area (Å²) in [4.78, 5) is 16.9. The summed E-state index contributed by atoms with van der Waals surface area (Å²) in [6.07, 6.45) is 0.0130. The monoisotopic (exact) mass is 397 g/mol. The second kappa shape index (κ2) is 8.89. The molecule has 3 aromatic rings. The molecule has 0 aliphatic heterocycles. The molecule has 0 aliphatic rings. The molecule has 0 saturated carbocycles. The molecular formula is C22H23NO4S. The number of ether oxygens (including phenoxy) is 3. The van der Waals surface area contributed by atoms with Crippen LogP contribution in [0.5, 0.6) is 11.5 Å². The van der Waals surface area contributed by atoms with Gasteiger partial charge in [0.2, 0.25) is 0 Å². The predicted octanol–water partition coefficient (Wildman–Crippen LogP) is 5.27. The first kappa shape index (κ1) is 19.9. The van der Waals surface area contributed by atoms with E-state index in [0.29, 0.717) is 17.1 Å². The first-order chi connectivity index (χ1) is 13.5. The number of benzene rings is 2. The predicted molar refractivity (Wildman–Crippen MR) is 110 cm³/mol. The maximum Gasteiger partial charge on any atom is 0.338 e. The molecule has 0 saturated heterocycles. The van der Waals surface area contributed by atoms with Gasteiger partial charge in [-0.2, -0.15) is 0 Å². The number of rotatable bonds is 7. The fourth-order valence-electron chi connectivity index (χ4n) is 2.57. The normalized spacial score (nSPS) is 10.8. The number of nitrogens with zero attached hydrogens (tertiary/aromatic N) is 1. The third-order valence-electron chi connectivity index (χ3n) is 3.96. The zero-order chi connectivity index (χ0) is 20.1. The van der Waals surface area contributed by atoms with Crippen molar-refractivity contribution in [3.8, 4) is 22.1 Å². The van der Waals surface area contributed by atoms with Crippen molar-refractivity contribution < 1.29 is 19.0 Å². The molecule has 0 bridgehead atoms. The van der Waals surface area contributed by atoms with Gasteiger partial charge in [0.1, 0.15) is 11.6 Å². The highest BCUT2D eigenvalue weighted by Crippen LogP contribution is 2.29. The number of thiazole rings is 1. The quantitative estimate of drug-likeness (QED) is 0.508. The lowest BCUT2D eigenvalue weighted by atomic mass is 10.2. The van der Waals surface area contributed by atoms with Crippen molar-refractivity contribution in [3.05, 3.63) is 64.7 Å². The number of carbonyl (C=O) groups is 1. The highest BCUT2D eigenvalue weighted by molar-refractivity contribution is 7.13. The third kappa shape index (κ3) is 4.89. The Morgan fingerprint density at radius 1 is 1.11 bits per heavy atom. The Kier molecular flexibility index (Phi) is 6.31. The van der Waals surface area contributed by atoms with Gasteiger partial charge in [0.25, 0.3) is 0 Å². The molecule has 0 radical (unpaired) electrons. The van der Waals surface area contributed by atoms with E-state index in [-0.39, 0.29) is 12.7 Å². The average molecular weight is 397 g/mol. The van der Waals surface area contributed by atoms with Crippen LogP contribution in [-0.4, -0.2) is 24.2 Å². The molecule has 1 heterocycles. The van der Waals surface area contributed by atoms with Crippen LogP contribution in [0.25, 0.3) is 10.6 Å². The summed E-state index contributed by atoms with van der Waals surface area (Å²) >= 11 is 1.53. The van der Waals surface area contributed by atoms with Crippen molar-refractivity contribution >= 4 is 17.3 Å². The summed E-state index contributed by atoms with van der Waals surface area (Å²) in [6.45, 7) is 6.03. The molecule has 0 spiro atoms. The van der Waals surface area contributed by atoms with Crippen LogP contribution in [0.2, 0.25) is 0 Å². The van der Waals surface area contributed by atoms with Crippen LogP contribution < -0.4 is 9.47 Å². The Balaban J connectivity index is 1.65. The molecular weight excluding hydrogens is 374 g/mol. The van der Waals surface area contributed by atoms with Gasteiger partial charge in [-0.05, 0) is 39.0 Å². The summed E-state index contributed by atoms with van der Waals surface area (Å²) in [7, 11) is 1.54. The zero-order valence-corrected chi connectivity index (χ0v) is 17.2. The number of aromatic nitrogens is 1. The molecule has 146 valence electrons. The van der Waals surface area contributed by atoms with Crippen LogP contribution in [0, 0.1) is 6.92 Å². The average Bonchev–Trinajstić information content (AvgIpc) is 3.15. The molecule has 3 rings (SSSR count). The van der Waals surface area contributed by atoms with E-state index in [1.54, 1.807) is 25.3 Å². The van der Waals surface area contributed by atoms with Crippen molar-refractivity contribution in [2.24, 2.45) is 0 Å². The first-order valence-corrected chi connectivity index (χ1v) is 9.87. The number of aryl methyl sites for hydroxylation is 1. The lowest BCUT2D eigenvalue weighted by molar-refractivity contribution is 0.0468. The lowest BCUT2D eigenvalue weighted by Gasteiger charge is -2.14. The Morgan fingerprint density at radius 3 is 2.54 bits per heavy atom. The highest BCUT2D eigenvalue weighted by Gasteiger charge is 2.14. The zero-order valence-electron chi connectivity index (χ0n) is 16.4. The van der Waals surface area contributed by atoms with Crippen molar-refractivity contribution in [1.29, 1.82) is 0 Å². The van der Waals surface area contributed by atoms with Crippen LogP contribution in [0.3, 0.4) is 0 Å². The summed E-state index contributed by atoms with van der Waals surface area (Å²) in [5.41, 5.74) is 3.39. The van der Waals surface area contributed by atoms with Gasteiger partial charge in [-0.3, -0.25) is 0 Å². The van der Waals surface area contributed by atoms with E-state index >= 15 is 0 Å². The molecule has 28 heavy (non-hydrogen) atoms. The van der Waals surface area contributed by atoms with Gasteiger partial charge < -0.3 is 14.2 Å². The van der Waals surface area contributed by atoms with Gasteiger partial charge in [-0.1, -0.05) is 29.8 Å². The summed E-state index contributed by atoms with van der Waals surface area (Å²) in [6, 6.07) is 13.2. The maximum absolute atomic E-state index is 12.4. The molecule has 0 aliphatic carbocycles. The maximum atomic E-state index is 12.4. The number of esters is 1. The standard InChI is InChI=1S/C22H23NO4S/c1-14(2)27-19-10-9-17(11-20(19)25-4)22(24)26-12-18-13-28-21(23-18)16-7-5-15(3)6-8-16/h5-11,13-14H,12H2,1-4H3. The number of methoxy groups -OCH3 is 1. The van der Waals surface area contributed by atoms with E-state index in [9.17, 15) is 4.79 Å². The molecule has 0 fully saturated rings. The Labute approximate surface area is 168 Å². The van der Waals surface area contributed by atoms with Gasteiger partial charge in [0.15, 0.2) is 11.5 Å². The SMILES string of the molecule is COc1cc(C(=O)OCc2csc(-c3ccc(C)cc3)n2)ccc1OC(C)C. The third-order valence-corrected chi connectivity index (χ3v) is 4.90. The molecule has 0 atom stereocenters. The minimum atomic E-state index is -0.431. The Hall–Kier alpha value is -2.86. The first-order valence-electron chi connectivity index (χ1n) is 8.99. The number of hydrogen-bond acceptors (Lipinski definition) is 6. The Morgan fingerprint density at radius 2 is 1.86 bits per heavy atom. The fourth-order valence-corrected chi connectivity index (χ4v) is 3.38. The summed E-state index contributed by atoms with van der Waals surface area (Å²) in [5.74, 6) is 0.661. The molecule has 0 unspecified atom stereocenters. The second-order valence-electron chi connectivity index (χ2n) is 6.62. The molecule has 2 aromatic carbocycles. The van der Waals surface area contributed by atoms with Crippen LogP contribution in [0.15, 0.2) is 47.8 Å². The van der Waals surface area contributed by atoms with E-state index in [0.717, 1.165) is 16.3 Å². The number of carbonyl (C=O) groups excluding carboxylic acids is 1. The molecule has 6 heteroatoms. The van der Waals surface area contributed by atoms with Crippen molar-refractivity contribution in [2.75, 3.05) is 7.11 Å². The number of hydrogen-bond donors (Lipinski definition) is 0. The smallest absolute Gasteiger partial charge is 0.338 e. The van der Waals surface area contributed by atoms with Gasteiger partial charge >= 0.3 is 5.97 Å².